The molecular formula is C23H26N2O5. The van der Waals surface area contributed by atoms with Crippen molar-refractivity contribution in [3.63, 3.8) is 0 Å². The van der Waals surface area contributed by atoms with Crippen LogP contribution in [-0.4, -0.2) is 30.3 Å². The fourth-order valence-corrected chi connectivity index (χ4v) is 2.70. The number of amides is 3. The predicted octanol–water partition coefficient (Wildman–Crippen LogP) is 3.77. The van der Waals surface area contributed by atoms with Gasteiger partial charge in [-0.3, -0.25) is 19.7 Å². The average Bonchev–Trinajstić information content (AvgIpc) is 2.70. The fourth-order valence-electron chi connectivity index (χ4n) is 2.70. The molecule has 0 aliphatic carbocycles. The molecule has 2 N–H and O–H groups in total. The summed E-state index contributed by atoms with van der Waals surface area (Å²) in [5, 5.41) is 4.68. The molecule has 0 atom stereocenters. The molecule has 0 bridgehead atoms. The lowest BCUT2D eigenvalue weighted by atomic mass is 10.0. The van der Waals surface area contributed by atoms with Gasteiger partial charge in [0.2, 0.25) is 0 Å². The van der Waals surface area contributed by atoms with Gasteiger partial charge in [0, 0.05) is 17.7 Å². The van der Waals surface area contributed by atoms with E-state index in [9.17, 15) is 19.2 Å². The first-order valence-corrected chi connectivity index (χ1v) is 9.60. The lowest BCUT2D eigenvalue weighted by Crippen LogP contribution is -2.37. The quantitative estimate of drug-likeness (QED) is 0.534. The van der Waals surface area contributed by atoms with Crippen LogP contribution in [0.5, 0.6) is 0 Å². The van der Waals surface area contributed by atoms with E-state index in [1.807, 2.05) is 39.8 Å². The van der Waals surface area contributed by atoms with E-state index in [-0.39, 0.29) is 18.6 Å². The number of anilines is 1. The third kappa shape index (κ3) is 6.55. The molecule has 0 aliphatic rings. The van der Waals surface area contributed by atoms with E-state index < -0.39 is 24.5 Å². The molecule has 158 valence electrons. The smallest absolute Gasteiger partial charge is 0.325 e. The van der Waals surface area contributed by atoms with Crippen LogP contribution in [0, 0.1) is 27.7 Å². The molecule has 0 heterocycles. The number of benzene rings is 2. The maximum Gasteiger partial charge on any atom is 0.325 e. The highest BCUT2D eigenvalue weighted by molar-refractivity contribution is 6.02. The standard InChI is InChI=1S/C23H26N2O5/c1-14-8-9-18(12-16(14)3)20(26)10-11-22(28)30-13-21(27)25-23(29)24-19-7-5-6-15(2)17(19)4/h5-9,12H,10-11,13H2,1-4H3,(H2,24,25,27,29). The van der Waals surface area contributed by atoms with Crippen LogP contribution >= 0.6 is 0 Å². The maximum absolute atomic E-state index is 12.2. The number of aryl methyl sites for hydroxylation is 3. The Bertz CT molecular complexity index is 982. The van der Waals surface area contributed by atoms with Crippen LogP contribution in [0.15, 0.2) is 36.4 Å². The Balaban J connectivity index is 1.74. The molecular weight excluding hydrogens is 384 g/mol. The van der Waals surface area contributed by atoms with Crippen LogP contribution in [0.25, 0.3) is 0 Å². The van der Waals surface area contributed by atoms with Gasteiger partial charge >= 0.3 is 12.0 Å². The summed E-state index contributed by atoms with van der Waals surface area (Å²) in [6.07, 6.45) is -0.163. The number of carbonyl (C=O) groups excluding carboxylic acids is 4. The van der Waals surface area contributed by atoms with Gasteiger partial charge in [-0.05, 0) is 62.1 Å². The van der Waals surface area contributed by atoms with Gasteiger partial charge in [-0.2, -0.15) is 0 Å². The lowest BCUT2D eigenvalue weighted by molar-refractivity contribution is -0.148. The topological polar surface area (TPSA) is 102 Å². The highest BCUT2D eigenvalue weighted by Gasteiger charge is 2.14. The van der Waals surface area contributed by atoms with Gasteiger partial charge in [-0.1, -0.05) is 24.3 Å². The van der Waals surface area contributed by atoms with Crippen LogP contribution in [-0.2, 0) is 14.3 Å². The highest BCUT2D eigenvalue weighted by atomic mass is 16.5. The highest BCUT2D eigenvalue weighted by Crippen LogP contribution is 2.17. The molecule has 7 heteroatoms. The summed E-state index contributed by atoms with van der Waals surface area (Å²) in [5.41, 5.74) is 5.09. The number of rotatable bonds is 7. The second-order valence-corrected chi connectivity index (χ2v) is 7.13. The average molecular weight is 410 g/mol. The Morgan fingerprint density at radius 2 is 1.60 bits per heavy atom. The zero-order chi connectivity index (χ0) is 22.3. The first-order chi connectivity index (χ1) is 14.2. The van der Waals surface area contributed by atoms with Gasteiger partial charge in [-0.15, -0.1) is 0 Å². The maximum atomic E-state index is 12.2. The molecule has 0 spiro atoms. The molecule has 2 aromatic carbocycles. The molecule has 0 aliphatic heterocycles. The van der Waals surface area contributed by atoms with Crippen LogP contribution < -0.4 is 10.6 Å². The van der Waals surface area contributed by atoms with Gasteiger partial charge in [-0.25, -0.2) is 4.79 Å². The number of esters is 1. The Morgan fingerprint density at radius 1 is 0.867 bits per heavy atom. The van der Waals surface area contributed by atoms with Gasteiger partial charge in [0.25, 0.3) is 5.91 Å². The van der Waals surface area contributed by atoms with Gasteiger partial charge in [0.1, 0.15) is 0 Å². The lowest BCUT2D eigenvalue weighted by Gasteiger charge is -2.11. The van der Waals surface area contributed by atoms with Gasteiger partial charge in [0.05, 0.1) is 6.42 Å². The van der Waals surface area contributed by atoms with E-state index in [1.54, 1.807) is 24.3 Å². The minimum absolute atomic E-state index is 0.0178. The number of imide groups is 1. The summed E-state index contributed by atoms with van der Waals surface area (Å²) in [6.45, 7) is 7.03. The summed E-state index contributed by atoms with van der Waals surface area (Å²) in [4.78, 5) is 47.7. The first kappa shape index (κ1) is 22.8. The molecule has 2 rings (SSSR count). The summed E-state index contributed by atoms with van der Waals surface area (Å²) in [6, 6.07) is 10.1. The summed E-state index contributed by atoms with van der Waals surface area (Å²) < 4.78 is 4.84. The molecule has 2 aromatic rings. The summed E-state index contributed by atoms with van der Waals surface area (Å²) >= 11 is 0. The van der Waals surface area contributed by atoms with Crippen molar-refractivity contribution < 1.29 is 23.9 Å². The van der Waals surface area contributed by atoms with Crippen molar-refractivity contribution in [2.75, 3.05) is 11.9 Å². The van der Waals surface area contributed by atoms with Crippen LogP contribution in [0.3, 0.4) is 0 Å². The molecule has 0 aromatic heterocycles. The number of carbonyl (C=O) groups is 4. The number of ether oxygens (including phenoxy) is 1. The zero-order valence-electron chi connectivity index (χ0n) is 17.6. The van der Waals surface area contributed by atoms with Crippen LogP contribution in [0.4, 0.5) is 10.5 Å². The number of hydrogen-bond donors (Lipinski definition) is 2. The molecule has 0 saturated heterocycles. The molecule has 0 unspecified atom stereocenters. The van der Waals surface area contributed by atoms with E-state index in [2.05, 4.69) is 10.6 Å². The number of hydrogen-bond acceptors (Lipinski definition) is 5. The van der Waals surface area contributed by atoms with Crippen molar-refractivity contribution in [1.82, 2.24) is 5.32 Å². The van der Waals surface area contributed by atoms with E-state index in [0.29, 0.717) is 11.3 Å². The molecule has 0 radical (unpaired) electrons. The number of ketones is 1. The minimum Gasteiger partial charge on any atom is -0.456 e. The largest absolute Gasteiger partial charge is 0.456 e. The van der Waals surface area contributed by atoms with Crippen LogP contribution in [0.2, 0.25) is 0 Å². The van der Waals surface area contributed by atoms with E-state index in [4.69, 9.17) is 4.74 Å². The SMILES string of the molecule is Cc1ccc(C(=O)CCC(=O)OCC(=O)NC(=O)Nc2cccc(C)c2C)cc1C. The number of Topliss-reactive ketones (excluding diaryl/α,β-unsaturated/α-hetero) is 1. The second kappa shape index (κ2) is 10.3. The third-order valence-electron chi connectivity index (χ3n) is 4.86. The predicted molar refractivity (Wildman–Crippen MR) is 114 cm³/mol. The van der Waals surface area contributed by atoms with E-state index in [1.165, 1.54) is 0 Å². The van der Waals surface area contributed by atoms with Crippen molar-refractivity contribution in [1.29, 1.82) is 0 Å². The van der Waals surface area contributed by atoms with Crippen molar-refractivity contribution in [3.05, 3.63) is 64.2 Å². The summed E-state index contributed by atoms with van der Waals surface area (Å²) in [7, 11) is 0. The molecule has 0 fully saturated rings. The van der Waals surface area contributed by atoms with Gasteiger partial charge in [0.15, 0.2) is 12.4 Å². The molecule has 0 saturated carbocycles. The monoisotopic (exact) mass is 410 g/mol. The fraction of sp³-hybridized carbons (Fsp3) is 0.304. The Hall–Kier alpha value is -3.48. The molecule has 3 amide bonds. The van der Waals surface area contributed by atoms with Gasteiger partial charge < -0.3 is 10.1 Å². The minimum atomic E-state index is -0.758. The van der Waals surface area contributed by atoms with Crippen molar-refractivity contribution in [2.24, 2.45) is 0 Å². The van der Waals surface area contributed by atoms with E-state index >= 15 is 0 Å². The number of urea groups is 1. The Morgan fingerprint density at radius 3 is 2.30 bits per heavy atom. The third-order valence-corrected chi connectivity index (χ3v) is 4.86. The number of nitrogens with one attached hydrogen (secondary N) is 2. The summed E-state index contributed by atoms with van der Waals surface area (Å²) in [5.74, 6) is -1.61. The molecule has 30 heavy (non-hydrogen) atoms. The first-order valence-electron chi connectivity index (χ1n) is 9.60. The van der Waals surface area contributed by atoms with Crippen molar-refractivity contribution in [2.45, 2.75) is 40.5 Å². The zero-order valence-corrected chi connectivity index (χ0v) is 17.6. The second-order valence-electron chi connectivity index (χ2n) is 7.13. The molecule has 7 nitrogen and oxygen atoms in total. The van der Waals surface area contributed by atoms with Crippen molar-refractivity contribution >= 4 is 29.4 Å². The normalized spacial score (nSPS) is 10.3. The van der Waals surface area contributed by atoms with Crippen molar-refractivity contribution in [3.8, 4) is 0 Å². The Kier molecular flexibility index (Phi) is 7.86. The van der Waals surface area contributed by atoms with Crippen LogP contribution in [0.1, 0.15) is 45.5 Å². The Labute approximate surface area is 175 Å². The van der Waals surface area contributed by atoms with E-state index in [0.717, 1.165) is 22.3 Å².